The molecule has 0 aliphatic rings. The second kappa shape index (κ2) is 12.9. The van der Waals surface area contributed by atoms with E-state index < -0.39 is 23.7 Å². The van der Waals surface area contributed by atoms with Crippen LogP contribution in [0.2, 0.25) is 0 Å². The van der Waals surface area contributed by atoms with Gasteiger partial charge in [0.15, 0.2) is 5.82 Å². The van der Waals surface area contributed by atoms with E-state index in [1.165, 1.54) is 35.2 Å². The lowest BCUT2D eigenvalue weighted by Gasteiger charge is -2.12. The van der Waals surface area contributed by atoms with Crippen LogP contribution in [-0.4, -0.2) is 29.9 Å². The van der Waals surface area contributed by atoms with Crippen LogP contribution in [0.1, 0.15) is 39.1 Å². The normalized spacial score (nSPS) is 11.0. The van der Waals surface area contributed by atoms with Crippen molar-refractivity contribution in [3.05, 3.63) is 59.6 Å². The summed E-state index contributed by atoms with van der Waals surface area (Å²) in [6.45, 7) is 8.00. The van der Waals surface area contributed by atoms with Crippen molar-refractivity contribution < 1.29 is 26.3 Å². The maximum Gasteiger partial charge on any atom is 0.433 e. The number of alkyl halides is 6. The maximum atomic E-state index is 13.1. The zero-order chi connectivity index (χ0) is 27.6. The van der Waals surface area contributed by atoms with Crippen LogP contribution < -0.4 is 10.6 Å². The van der Waals surface area contributed by atoms with Gasteiger partial charge in [-0.15, -0.1) is 11.3 Å². The highest BCUT2D eigenvalue weighted by Crippen LogP contribution is 2.31. The summed E-state index contributed by atoms with van der Waals surface area (Å²) in [5, 5.41) is 5.91. The maximum absolute atomic E-state index is 13.1. The fourth-order valence-electron chi connectivity index (χ4n) is 2.50. The summed E-state index contributed by atoms with van der Waals surface area (Å²) in [4.78, 5) is 22.9. The molecular formula is C22H22F6N8S. The van der Waals surface area contributed by atoms with Crippen LogP contribution in [0, 0.1) is 0 Å². The average Bonchev–Trinajstić information content (AvgIpc) is 3.39. The van der Waals surface area contributed by atoms with Gasteiger partial charge in [0, 0.05) is 11.9 Å². The summed E-state index contributed by atoms with van der Waals surface area (Å²) < 4.78 is 78.1. The summed E-state index contributed by atoms with van der Waals surface area (Å²) in [6.07, 6.45) is -6.97. The smallest absolute Gasteiger partial charge is 0.324 e. The first kappa shape index (κ1) is 29.4. The van der Waals surface area contributed by atoms with Gasteiger partial charge in [-0.2, -0.15) is 41.3 Å². The van der Waals surface area contributed by atoms with Gasteiger partial charge in [0.05, 0.1) is 11.7 Å². The molecule has 0 amide bonds. The molecule has 4 rings (SSSR count). The Morgan fingerprint density at radius 3 is 2.00 bits per heavy atom. The summed E-state index contributed by atoms with van der Waals surface area (Å²) in [6, 6.07) is 5.17. The van der Waals surface area contributed by atoms with E-state index in [4.69, 9.17) is 0 Å². The first-order chi connectivity index (χ1) is 17.6. The van der Waals surface area contributed by atoms with E-state index in [-0.39, 0.29) is 29.1 Å². The highest BCUT2D eigenvalue weighted by molar-refractivity contribution is 7.13. The van der Waals surface area contributed by atoms with Crippen molar-refractivity contribution in [2.24, 2.45) is 0 Å². The molecule has 0 aliphatic heterocycles. The van der Waals surface area contributed by atoms with E-state index in [2.05, 4.69) is 40.5 Å². The minimum atomic E-state index is -4.70. The Labute approximate surface area is 212 Å². The SMILES string of the molecule is CC.CC.FC(F)(F)c1cc(Nc2nc(Nc3cncs3)nc(-c3cccc(C(F)(F)F)n3)n2)ccn1. The molecule has 0 aromatic carbocycles. The molecule has 198 valence electrons. The summed E-state index contributed by atoms with van der Waals surface area (Å²) in [7, 11) is 0. The van der Waals surface area contributed by atoms with Crippen LogP contribution in [0.3, 0.4) is 0 Å². The molecule has 0 radical (unpaired) electrons. The fraction of sp³-hybridized carbons (Fsp3) is 0.273. The second-order valence-corrected chi connectivity index (χ2v) is 7.14. The number of nitrogens with one attached hydrogen (secondary N) is 2. The number of rotatable bonds is 5. The number of aromatic nitrogens is 6. The number of anilines is 4. The summed E-state index contributed by atoms with van der Waals surface area (Å²) >= 11 is 1.20. The molecule has 0 spiro atoms. The average molecular weight is 545 g/mol. The van der Waals surface area contributed by atoms with Crippen LogP contribution in [0.5, 0.6) is 0 Å². The number of hydrogen-bond acceptors (Lipinski definition) is 9. The largest absolute Gasteiger partial charge is 0.433 e. The van der Waals surface area contributed by atoms with Crippen molar-refractivity contribution in [1.29, 1.82) is 0 Å². The number of nitrogens with zero attached hydrogens (tertiary/aromatic N) is 6. The third-order valence-electron chi connectivity index (χ3n) is 3.88. The van der Waals surface area contributed by atoms with Gasteiger partial charge in [-0.25, -0.2) is 4.98 Å². The zero-order valence-electron chi connectivity index (χ0n) is 20.0. The van der Waals surface area contributed by atoms with Gasteiger partial charge in [0.25, 0.3) is 0 Å². The van der Waals surface area contributed by atoms with Crippen molar-refractivity contribution >= 4 is 33.9 Å². The van der Waals surface area contributed by atoms with E-state index in [1.807, 2.05) is 27.7 Å². The van der Waals surface area contributed by atoms with Crippen LogP contribution in [0.25, 0.3) is 11.5 Å². The molecular weight excluding hydrogens is 522 g/mol. The Morgan fingerprint density at radius 1 is 0.757 bits per heavy atom. The lowest BCUT2D eigenvalue weighted by molar-refractivity contribution is -0.141. The van der Waals surface area contributed by atoms with Gasteiger partial charge in [-0.3, -0.25) is 9.97 Å². The quantitative estimate of drug-likeness (QED) is 0.251. The fourth-order valence-corrected chi connectivity index (χ4v) is 3.01. The monoisotopic (exact) mass is 544 g/mol. The molecule has 4 aromatic rings. The van der Waals surface area contributed by atoms with Crippen LogP contribution in [0.4, 0.5) is 48.9 Å². The topological polar surface area (TPSA) is 101 Å². The molecule has 37 heavy (non-hydrogen) atoms. The minimum absolute atomic E-state index is 0.0461. The lowest BCUT2D eigenvalue weighted by Crippen LogP contribution is -2.10. The Morgan fingerprint density at radius 2 is 1.41 bits per heavy atom. The van der Waals surface area contributed by atoms with Gasteiger partial charge in [0.1, 0.15) is 22.1 Å². The molecule has 8 nitrogen and oxygen atoms in total. The van der Waals surface area contributed by atoms with Gasteiger partial charge < -0.3 is 10.6 Å². The number of hydrogen-bond donors (Lipinski definition) is 2. The molecule has 0 fully saturated rings. The molecule has 0 atom stereocenters. The molecule has 4 heterocycles. The molecule has 15 heteroatoms. The Balaban J connectivity index is 0.00000115. The lowest BCUT2D eigenvalue weighted by atomic mass is 10.3. The van der Waals surface area contributed by atoms with Crippen molar-refractivity contribution in [2.45, 2.75) is 40.0 Å². The Bertz CT molecular complexity index is 1260. The minimum Gasteiger partial charge on any atom is -0.324 e. The van der Waals surface area contributed by atoms with E-state index in [1.54, 1.807) is 0 Å². The van der Waals surface area contributed by atoms with E-state index in [9.17, 15) is 26.3 Å². The highest BCUT2D eigenvalue weighted by atomic mass is 32.1. The Kier molecular flexibility index (Phi) is 10.2. The molecule has 0 bridgehead atoms. The van der Waals surface area contributed by atoms with Gasteiger partial charge in [-0.05, 0) is 24.3 Å². The molecule has 2 N–H and O–H groups in total. The van der Waals surface area contributed by atoms with Gasteiger partial charge in [0.2, 0.25) is 11.9 Å². The number of halogens is 6. The Hall–Kier alpha value is -3.88. The predicted molar refractivity (Wildman–Crippen MR) is 129 cm³/mol. The molecule has 0 saturated heterocycles. The van der Waals surface area contributed by atoms with Crippen molar-refractivity contribution in [3.8, 4) is 11.5 Å². The van der Waals surface area contributed by atoms with Crippen LogP contribution in [0.15, 0.2) is 48.2 Å². The molecule has 0 unspecified atom stereocenters. The summed E-state index contributed by atoms with van der Waals surface area (Å²) in [5.41, 5.74) is -1.04. The number of thiazole rings is 1. The van der Waals surface area contributed by atoms with E-state index in [0.29, 0.717) is 5.00 Å². The molecule has 0 saturated carbocycles. The third-order valence-corrected chi connectivity index (χ3v) is 4.57. The first-order valence-electron chi connectivity index (χ1n) is 10.8. The van der Waals surface area contributed by atoms with Crippen LogP contribution in [-0.2, 0) is 12.4 Å². The second-order valence-electron chi connectivity index (χ2n) is 6.26. The van der Waals surface area contributed by atoms with Gasteiger partial charge >= 0.3 is 12.4 Å². The first-order valence-corrected chi connectivity index (χ1v) is 11.7. The van der Waals surface area contributed by atoms with Crippen molar-refractivity contribution in [3.63, 3.8) is 0 Å². The summed E-state index contributed by atoms with van der Waals surface area (Å²) in [5.74, 6) is -0.558. The van der Waals surface area contributed by atoms with E-state index >= 15 is 0 Å². The van der Waals surface area contributed by atoms with Crippen molar-refractivity contribution in [1.82, 2.24) is 29.9 Å². The molecule has 4 aromatic heterocycles. The van der Waals surface area contributed by atoms with E-state index in [0.717, 1.165) is 24.4 Å². The van der Waals surface area contributed by atoms with Crippen molar-refractivity contribution in [2.75, 3.05) is 10.6 Å². The standard InChI is InChI=1S/C18H10F6N8S.2C2H6/c19-17(20,21)11-3-1-2-10(28-11)14-30-15(32-16(31-14)29-13-7-25-8-33-13)27-9-4-5-26-12(6-9)18(22,23)24;2*1-2/h1-8H,(H2,26,27,29,30,31,32);2*1-2H3. The predicted octanol–water partition coefficient (Wildman–Crippen LogP) is 7.36. The molecule has 0 aliphatic carbocycles. The third kappa shape index (κ3) is 8.34. The van der Waals surface area contributed by atoms with Gasteiger partial charge in [-0.1, -0.05) is 33.8 Å². The zero-order valence-corrected chi connectivity index (χ0v) is 20.8. The highest BCUT2D eigenvalue weighted by Gasteiger charge is 2.33. The van der Waals surface area contributed by atoms with Crippen LogP contribution >= 0.6 is 11.3 Å². The number of pyridine rings is 2.